The SMILES string of the molecule is CCCC(CCC)S(=O)(=O)CC(NC(=O)c1cn[nH]c1C(F)(F)F)C(=O)N(Cc1cccc(CC)c1)C[C@@H](O)[C@@H](N)Cc1cc(F)cc(F)c1. The Hall–Kier alpha value is -3.89. The quantitative estimate of drug-likeness (QED) is 0.138. The number of halogens is 5. The van der Waals surface area contributed by atoms with E-state index in [1.165, 1.54) is 0 Å². The van der Waals surface area contributed by atoms with E-state index in [0.29, 0.717) is 37.1 Å². The van der Waals surface area contributed by atoms with E-state index in [1.54, 1.807) is 37.1 Å². The number of nitrogens with zero attached hydrogens (tertiary/aromatic N) is 2. The van der Waals surface area contributed by atoms with E-state index >= 15 is 0 Å². The van der Waals surface area contributed by atoms with Crippen molar-refractivity contribution in [3.05, 3.63) is 88.2 Å². The number of carbonyl (C=O) groups is 2. The number of alkyl halides is 3. The number of carbonyl (C=O) groups excluding carboxylic acids is 2. The van der Waals surface area contributed by atoms with Crippen LogP contribution in [0, 0.1) is 11.6 Å². The lowest BCUT2D eigenvalue weighted by molar-refractivity contribution is -0.141. The van der Waals surface area contributed by atoms with Gasteiger partial charge in [-0.2, -0.15) is 18.3 Å². The van der Waals surface area contributed by atoms with Gasteiger partial charge in [0, 0.05) is 25.2 Å². The van der Waals surface area contributed by atoms with Gasteiger partial charge in [0.2, 0.25) is 5.91 Å². The number of aromatic amines is 1. The third kappa shape index (κ3) is 11.3. The number of H-pyrrole nitrogens is 1. The van der Waals surface area contributed by atoms with Gasteiger partial charge in [-0.3, -0.25) is 14.7 Å². The zero-order valence-electron chi connectivity index (χ0n) is 28.1. The van der Waals surface area contributed by atoms with Crippen molar-refractivity contribution >= 4 is 21.7 Å². The molecule has 1 aromatic heterocycles. The summed E-state index contributed by atoms with van der Waals surface area (Å²) in [6, 6.07) is 6.76. The van der Waals surface area contributed by atoms with Crippen molar-refractivity contribution in [1.82, 2.24) is 20.4 Å². The number of hydrogen-bond donors (Lipinski definition) is 4. The molecule has 50 heavy (non-hydrogen) atoms. The number of hydrogen-bond acceptors (Lipinski definition) is 7. The van der Waals surface area contributed by atoms with Crippen LogP contribution in [0.1, 0.15) is 79.2 Å². The first-order valence-corrected chi connectivity index (χ1v) is 18.1. The van der Waals surface area contributed by atoms with Gasteiger partial charge < -0.3 is 21.1 Å². The molecule has 0 saturated heterocycles. The maximum Gasteiger partial charge on any atom is 0.433 e. The van der Waals surface area contributed by atoms with Crippen LogP contribution in [-0.2, 0) is 40.2 Å². The Kier molecular flexibility index (Phi) is 14.5. The Balaban J connectivity index is 2.04. The minimum Gasteiger partial charge on any atom is -0.390 e. The molecule has 2 amide bonds. The number of benzene rings is 2. The van der Waals surface area contributed by atoms with Crippen LogP contribution in [0.5, 0.6) is 0 Å². The average molecular weight is 730 g/mol. The number of aliphatic hydroxyl groups is 1. The predicted octanol–water partition coefficient (Wildman–Crippen LogP) is 4.71. The van der Waals surface area contributed by atoms with Crippen molar-refractivity contribution in [2.75, 3.05) is 12.3 Å². The smallest absolute Gasteiger partial charge is 0.390 e. The molecule has 1 heterocycles. The van der Waals surface area contributed by atoms with E-state index in [9.17, 15) is 45.1 Å². The lowest BCUT2D eigenvalue weighted by Gasteiger charge is -2.32. The highest BCUT2D eigenvalue weighted by Gasteiger charge is 2.40. The molecule has 16 heteroatoms. The number of rotatable bonds is 18. The van der Waals surface area contributed by atoms with E-state index in [1.807, 2.05) is 13.0 Å². The summed E-state index contributed by atoms with van der Waals surface area (Å²) in [5.41, 5.74) is 5.38. The second kappa shape index (κ2) is 17.9. The number of aryl methyl sites for hydroxylation is 1. The topological polar surface area (TPSA) is 158 Å². The number of aliphatic hydroxyl groups excluding tert-OH is 1. The molecule has 0 bridgehead atoms. The highest BCUT2D eigenvalue weighted by molar-refractivity contribution is 7.92. The van der Waals surface area contributed by atoms with Crippen LogP contribution in [0.25, 0.3) is 0 Å². The van der Waals surface area contributed by atoms with Gasteiger partial charge in [-0.15, -0.1) is 0 Å². The Morgan fingerprint density at radius 3 is 2.20 bits per heavy atom. The van der Waals surface area contributed by atoms with Crippen LogP contribution >= 0.6 is 0 Å². The van der Waals surface area contributed by atoms with E-state index in [4.69, 9.17) is 5.73 Å². The maximum atomic E-state index is 14.4. The van der Waals surface area contributed by atoms with Crippen molar-refractivity contribution < 1.29 is 45.1 Å². The molecule has 5 N–H and O–H groups in total. The summed E-state index contributed by atoms with van der Waals surface area (Å²) in [5.74, 6) is -5.04. The van der Waals surface area contributed by atoms with Crippen molar-refractivity contribution in [2.24, 2.45) is 5.73 Å². The summed E-state index contributed by atoms with van der Waals surface area (Å²) in [4.78, 5) is 28.7. The predicted molar refractivity (Wildman–Crippen MR) is 178 cm³/mol. The third-order valence-corrected chi connectivity index (χ3v) is 10.6. The maximum absolute atomic E-state index is 14.4. The monoisotopic (exact) mass is 729 g/mol. The normalized spacial score (nSPS) is 14.0. The van der Waals surface area contributed by atoms with Gasteiger partial charge in [-0.25, -0.2) is 17.2 Å². The first-order chi connectivity index (χ1) is 23.5. The van der Waals surface area contributed by atoms with Gasteiger partial charge in [-0.1, -0.05) is 57.9 Å². The van der Waals surface area contributed by atoms with E-state index < -0.39 is 86.5 Å². The van der Waals surface area contributed by atoms with Crippen LogP contribution in [0.2, 0.25) is 0 Å². The molecule has 0 aliphatic rings. The molecule has 276 valence electrons. The van der Waals surface area contributed by atoms with Crippen molar-refractivity contribution in [3.63, 3.8) is 0 Å². The number of nitrogens with one attached hydrogen (secondary N) is 2. The van der Waals surface area contributed by atoms with Crippen molar-refractivity contribution in [3.8, 4) is 0 Å². The van der Waals surface area contributed by atoms with Gasteiger partial charge in [0.15, 0.2) is 15.5 Å². The molecule has 3 aromatic rings. The summed E-state index contributed by atoms with van der Waals surface area (Å²) < 4.78 is 96.0. The molecule has 0 fully saturated rings. The Labute approximate surface area is 288 Å². The molecule has 0 aliphatic carbocycles. The van der Waals surface area contributed by atoms with Crippen LogP contribution in [0.15, 0.2) is 48.7 Å². The zero-order valence-corrected chi connectivity index (χ0v) is 29.0. The third-order valence-electron chi connectivity index (χ3n) is 8.28. The first kappa shape index (κ1) is 40.5. The number of amides is 2. The van der Waals surface area contributed by atoms with Gasteiger partial charge in [0.1, 0.15) is 17.7 Å². The second-order valence-electron chi connectivity index (χ2n) is 12.3. The minimum atomic E-state index is -5.01. The molecule has 0 aliphatic heterocycles. The molecule has 2 aromatic carbocycles. The molecular weight excluding hydrogens is 685 g/mol. The van der Waals surface area contributed by atoms with Gasteiger partial charge in [-0.05, 0) is 54.5 Å². The van der Waals surface area contributed by atoms with E-state index in [0.717, 1.165) is 22.6 Å². The van der Waals surface area contributed by atoms with Gasteiger partial charge >= 0.3 is 6.18 Å². The molecule has 0 spiro atoms. The van der Waals surface area contributed by atoms with E-state index in [-0.39, 0.29) is 31.4 Å². The minimum absolute atomic E-state index is 0.136. The van der Waals surface area contributed by atoms with Crippen LogP contribution in [0.3, 0.4) is 0 Å². The summed E-state index contributed by atoms with van der Waals surface area (Å²) in [5, 5.41) is 17.5. The Bertz CT molecular complexity index is 1670. The summed E-state index contributed by atoms with van der Waals surface area (Å²) in [7, 11) is -4.12. The molecule has 0 radical (unpaired) electrons. The fourth-order valence-electron chi connectivity index (χ4n) is 5.72. The second-order valence-corrected chi connectivity index (χ2v) is 14.6. The Morgan fingerprint density at radius 2 is 1.62 bits per heavy atom. The first-order valence-electron chi connectivity index (χ1n) is 16.4. The standard InChI is InChI=1S/C34H44F5N5O5S/c1-4-8-26(9-5-2)50(48,49)20-29(42-32(46)27-17-41-43-31(27)34(37,38)39)33(47)44(18-22-11-7-10-21(6-3)12-22)19-30(45)28(40)15-23-13-24(35)16-25(36)14-23/h7,10-14,16-17,26,28-30,45H,4-6,8-9,15,18-20,40H2,1-3H3,(H,41,43)(H,42,46)/t28-,29?,30+/m0/s1. The van der Waals surface area contributed by atoms with Crippen LogP contribution < -0.4 is 11.1 Å². The molecule has 1 unspecified atom stereocenters. The van der Waals surface area contributed by atoms with Crippen molar-refractivity contribution in [1.29, 1.82) is 0 Å². The highest BCUT2D eigenvalue weighted by atomic mass is 32.2. The fourth-order valence-corrected chi connectivity index (χ4v) is 7.87. The van der Waals surface area contributed by atoms with Crippen molar-refractivity contribution in [2.45, 2.75) is 95.5 Å². The number of nitrogens with two attached hydrogens (primary N) is 1. The van der Waals surface area contributed by atoms with Crippen LogP contribution in [-0.4, -0.2) is 76.2 Å². The lowest BCUT2D eigenvalue weighted by Crippen LogP contribution is -2.55. The molecule has 0 saturated carbocycles. The lowest BCUT2D eigenvalue weighted by atomic mass is 10.0. The summed E-state index contributed by atoms with van der Waals surface area (Å²) in [6.45, 7) is 4.76. The largest absolute Gasteiger partial charge is 0.433 e. The average Bonchev–Trinajstić information content (AvgIpc) is 3.55. The molecule has 3 rings (SSSR count). The number of sulfone groups is 1. The molecule has 3 atom stereocenters. The summed E-state index contributed by atoms with van der Waals surface area (Å²) in [6.07, 6.45) is -3.96. The molecule has 10 nitrogen and oxygen atoms in total. The zero-order chi connectivity index (χ0) is 37.2. The van der Waals surface area contributed by atoms with Crippen LogP contribution in [0.4, 0.5) is 22.0 Å². The van der Waals surface area contributed by atoms with E-state index in [2.05, 4.69) is 10.4 Å². The molecular formula is C34H44F5N5O5S. The fraction of sp³-hybridized carbons (Fsp3) is 0.500. The van der Waals surface area contributed by atoms with Gasteiger partial charge in [0.25, 0.3) is 5.91 Å². The van der Waals surface area contributed by atoms with Gasteiger partial charge in [0.05, 0.1) is 28.9 Å². The number of aromatic nitrogens is 2. The summed E-state index contributed by atoms with van der Waals surface area (Å²) >= 11 is 0. The Morgan fingerprint density at radius 1 is 1.00 bits per heavy atom. The highest BCUT2D eigenvalue weighted by Crippen LogP contribution is 2.30.